The lowest BCUT2D eigenvalue weighted by molar-refractivity contribution is 0.464. The van der Waals surface area contributed by atoms with Crippen molar-refractivity contribution in [2.24, 2.45) is 0 Å². The average molecular weight is 306 g/mol. The first-order valence-electron chi connectivity index (χ1n) is 7.35. The number of aromatic nitrogens is 2. The summed E-state index contributed by atoms with van der Waals surface area (Å²) in [4.78, 5) is 8.30. The Morgan fingerprint density at radius 3 is 2.48 bits per heavy atom. The molecule has 116 valence electrons. The third kappa shape index (κ3) is 3.77. The van der Waals surface area contributed by atoms with Crippen molar-refractivity contribution in [2.45, 2.75) is 13.5 Å². The van der Waals surface area contributed by atoms with Gasteiger partial charge < -0.3 is 15.8 Å². The van der Waals surface area contributed by atoms with Gasteiger partial charge >= 0.3 is 0 Å². The summed E-state index contributed by atoms with van der Waals surface area (Å²) in [6.07, 6.45) is 1.44. The van der Waals surface area contributed by atoms with E-state index >= 15 is 0 Å². The SMILES string of the molecule is Cc1ccc(Oc2ncnc(NCc3ccccc3)c2N)cc1. The molecule has 0 amide bonds. The number of rotatable bonds is 5. The highest BCUT2D eigenvalue weighted by Gasteiger charge is 2.10. The summed E-state index contributed by atoms with van der Waals surface area (Å²) in [7, 11) is 0. The zero-order valence-corrected chi connectivity index (χ0v) is 12.9. The molecular weight excluding hydrogens is 288 g/mol. The van der Waals surface area contributed by atoms with Crippen LogP contribution in [0.5, 0.6) is 11.6 Å². The summed E-state index contributed by atoms with van der Waals surface area (Å²) in [5.41, 5.74) is 8.82. The highest BCUT2D eigenvalue weighted by molar-refractivity contribution is 5.67. The number of benzene rings is 2. The minimum absolute atomic E-state index is 0.347. The topological polar surface area (TPSA) is 73.1 Å². The second-order valence-electron chi connectivity index (χ2n) is 5.20. The number of nitrogens with two attached hydrogens (primary N) is 1. The summed E-state index contributed by atoms with van der Waals surface area (Å²) in [5, 5.41) is 3.21. The third-order valence-corrected chi connectivity index (χ3v) is 3.39. The molecule has 0 radical (unpaired) electrons. The predicted molar refractivity (Wildman–Crippen MR) is 91.5 cm³/mol. The first-order chi connectivity index (χ1) is 11.2. The molecule has 23 heavy (non-hydrogen) atoms. The Morgan fingerprint density at radius 1 is 1.00 bits per heavy atom. The van der Waals surface area contributed by atoms with Crippen LogP contribution in [-0.2, 0) is 6.54 Å². The molecule has 5 nitrogen and oxygen atoms in total. The molecule has 0 aliphatic heterocycles. The van der Waals surface area contributed by atoms with E-state index in [0.717, 1.165) is 5.56 Å². The van der Waals surface area contributed by atoms with Crippen molar-refractivity contribution in [2.75, 3.05) is 11.1 Å². The van der Waals surface area contributed by atoms with Crippen molar-refractivity contribution in [3.8, 4) is 11.6 Å². The second-order valence-corrected chi connectivity index (χ2v) is 5.20. The van der Waals surface area contributed by atoms with E-state index in [4.69, 9.17) is 10.5 Å². The summed E-state index contributed by atoms with van der Waals surface area (Å²) in [6.45, 7) is 2.65. The van der Waals surface area contributed by atoms with Gasteiger partial charge in [-0.1, -0.05) is 48.0 Å². The Hall–Kier alpha value is -3.08. The van der Waals surface area contributed by atoms with E-state index in [0.29, 0.717) is 29.7 Å². The monoisotopic (exact) mass is 306 g/mol. The molecule has 1 heterocycles. The predicted octanol–water partition coefficient (Wildman–Crippen LogP) is 3.77. The van der Waals surface area contributed by atoms with E-state index in [9.17, 15) is 0 Å². The molecular formula is C18H18N4O. The largest absolute Gasteiger partial charge is 0.437 e. The van der Waals surface area contributed by atoms with Crippen LogP contribution in [0.2, 0.25) is 0 Å². The van der Waals surface area contributed by atoms with Gasteiger partial charge in [-0.05, 0) is 24.6 Å². The van der Waals surface area contributed by atoms with Crippen molar-refractivity contribution in [3.05, 3.63) is 72.1 Å². The summed E-state index contributed by atoms with van der Waals surface area (Å²) >= 11 is 0. The fourth-order valence-electron chi connectivity index (χ4n) is 2.10. The molecule has 0 spiro atoms. The molecule has 0 bridgehead atoms. The van der Waals surface area contributed by atoms with Gasteiger partial charge in [0.25, 0.3) is 0 Å². The van der Waals surface area contributed by atoms with E-state index in [1.165, 1.54) is 11.9 Å². The lowest BCUT2D eigenvalue weighted by Gasteiger charge is -2.12. The lowest BCUT2D eigenvalue weighted by Crippen LogP contribution is -2.06. The van der Waals surface area contributed by atoms with Gasteiger partial charge in [0.05, 0.1) is 0 Å². The van der Waals surface area contributed by atoms with Gasteiger partial charge in [0.1, 0.15) is 17.8 Å². The van der Waals surface area contributed by atoms with Gasteiger partial charge in [-0.25, -0.2) is 4.98 Å². The van der Waals surface area contributed by atoms with Crippen LogP contribution in [-0.4, -0.2) is 9.97 Å². The molecule has 5 heteroatoms. The molecule has 0 fully saturated rings. The maximum atomic E-state index is 6.11. The van der Waals surface area contributed by atoms with Gasteiger partial charge in [0.2, 0.25) is 5.88 Å². The number of ether oxygens (including phenoxy) is 1. The van der Waals surface area contributed by atoms with Crippen LogP contribution in [0.25, 0.3) is 0 Å². The number of nitrogens with one attached hydrogen (secondary N) is 1. The van der Waals surface area contributed by atoms with Gasteiger partial charge in [0.15, 0.2) is 5.82 Å². The van der Waals surface area contributed by atoms with Crippen LogP contribution in [0.1, 0.15) is 11.1 Å². The van der Waals surface area contributed by atoms with Gasteiger partial charge in [-0.3, -0.25) is 0 Å². The molecule has 0 saturated carbocycles. The Balaban J connectivity index is 1.74. The number of nitrogens with zero attached hydrogens (tertiary/aromatic N) is 2. The number of hydrogen-bond donors (Lipinski definition) is 2. The molecule has 3 N–H and O–H groups in total. The smallest absolute Gasteiger partial charge is 0.248 e. The number of aryl methyl sites for hydroxylation is 1. The van der Waals surface area contributed by atoms with E-state index in [1.807, 2.05) is 61.5 Å². The van der Waals surface area contributed by atoms with E-state index < -0.39 is 0 Å². The summed E-state index contributed by atoms with van der Waals surface area (Å²) in [6, 6.07) is 17.8. The Labute approximate surface area is 135 Å². The van der Waals surface area contributed by atoms with Crippen LogP contribution in [0, 0.1) is 6.92 Å². The maximum absolute atomic E-state index is 6.11. The van der Waals surface area contributed by atoms with Gasteiger partial charge in [-0.15, -0.1) is 0 Å². The lowest BCUT2D eigenvalue weighted by atomic mass is 10.2. The number of nitrogen functional groups attached to an aromatic ring is 1. The van der Waals surface area contributed by atoms with Crippen molar-refractivity contribution in [1.82, 2.24) is 9.97 Å². The van der Waals surface area contributed by atoms with Crippen LogP contribution in [0.4, 0.5) is 11.5 Å². The second kappa shape index (κ2) is 6.79. The van der Waals surface area contributed by atoms with Crippen LogP contribution < -0.4 is 15.8 Å². The van der Waals surface area contributed by atoms with Crippen molar-refractivity contribution in [1.29, 1.82) is 0 Å². The van der Waals surface area contributed by atoms with E-state index in [1.54, 1.807) is 0 Å². The first-order valence-corrected chi connectivity index (χ1v) is 7.35. The molecule has 0 saturated heterocycles. The molecule has 0 aliphatic rings. The molecule has 3 rings (SSSR count). The zero-order valence-electron chi connectivity index (χ0n) is 12.9. The first kappa shape index (κ1) is 14.8. The van der Waals surface area contributed by atoms with Gasteiger partial charge in [0, 0.05) is 6.54 Å². The Bertz CT molecular complexity index is 773. The molecule has 1 aromatic heterocycles. The molecule has 0 aliphatic carbocycles. The van der Waals surface area contributed by atoms with Crippen LogP contribution >= 0.6 is 0 Å². The molecule has 2 aromatic carbocycles. The quantitative estimate of drug-likeness (QED) is 0.750. The minimum atomic E-state index is 0.347. The minimum Gasteiger partial charge on any atom is -0.437 e. The van der Waals surface area contributed by atoms with Crippen LogP contribution in [0.15, 0.2) is 60.9 Å². The molecule has 3 aromatic rings. The molecule has 0 unspecified atom stereocenters. The summed E-state index contributed by atoms with van der Waals surface area (Å²) < 4.78 is 5.74. The fraction of sp³-hybridized carbons (Fsp3) is 0.111. The van der Waals surface area contributed by atoms with Crippen molar-refractivity contribution >= 4 is 11.5 Å². The van der Waals surface area contributed by atoms with E-state index in [2.05, 4.69) is 15.3 Å². The highest BCUT2D eigenvalue weighted by atomic mass is 16.5. The number of hydrogen-bond acceptors (Lipinski definition) is 5. The fourth-order valence-corrected chi connectivity index (χ4v) is 2.10. The zero-order chi connectivity index (χ0) is 16.1. The highest BCUT2D eigenvalue weighted by Crippen LogP contribution is 2.29. The molecule has 0 atom stereocenters. The maximum Gasteiger partial charge on any atom is 0.248 e. The van der Waals surface area contributed by atoms with E-state index in [-0.39, 0.29) is 0 Å². The standard InChI is InChI=1S/C18H18N4O/c1-13-7-9-15(10-8-13)23-18-16(19)17(21-12-22-18)20-11-14-5-3-2-4-6-14/h2-10,12H,11,19H2,1H3,(H,20,21,22). The van der Waals surface area contributed by atoms with Crippen LogP contribution in [0.3, 0.4) is 0 Å². The number of anilines is 2. The van der Waals surface area contributed by atoms with Crippen molar-refractivity contribution < 1.29 is 4.74 Å². The average Bonchev–Trinajstić information content (AvgIpc) is 2.58. The summed E-state index contributed by atoms with van der Waals surface area (Å²) in [5.74, 6) is 1.60. The van der Waals surface area contributed by atoms with Crippen molar-refractivity contribution in [3.63, 3.8) is 0 Å². The third-order valence-electron chi connectivity index (χ3n) is 3.39. The Morgan fingerprint density at radius 2 is 1.74 bits per heavy atom. The van der Waals surface area contributed by atoms with Gasteiger partial charge in [-0.2, -0.15) is 4.98 Å². The normalized spacial score (nSPS) is 10.3. The Kier molecular flexibility index (Phi) is 4.38.